The molecule has 1 heterocycles. The van der Waals surface area contributed by atoms with Gasteiger partial charge in [0.05, 0.1) is 5.69 Å². The Hall–Kier alpha value is -0.830. The summed E-state index contributed by atoms with van der Waals surface area (Å²) < 4.78 is 2.00. The van der Waals surface area contributed by atoms with Crippen LogP contribution in [0.1, 0.15) is 45.0 Å². The van der Waals surface area contributed by atoms with Gasteiger partial charge < -0.3 is 5.32 Å². The van der Waals surface area contributed by atoms with Crippen molar-refractivity contribution in [3.05, 3.63) is 17.5 Å². The summed E-state index contributed by atoms with van der Waals surface area (Å²) in [5.74, 6) is 0.503. The molecule has 0 fully saturated rings. The SMILES string of the molecule is CNCC(C)c1cc(C(C)(C)C)nn1C. The van der Waals surface area contributed by atoms with E-state index in [-0.39, 0.29) is 5.41 Å². The molecule has 0 amide bonds. The lowest BCUT2D eigenvalue weighted by Crippen LogP contribution is -2.16. The Morgan fingerprint density at radius 3 is 2.47 bits per heavy atom. The third-order valence-corrected chi connectivity index (χ3v) is 2.70. The molecule has 15 heavy (non-hydrogen) atoms. The van der Waals surface area contributed by atoms with Crippen molar-refractivity contribution in [3.63, 3.8) is 0 Å². The van der Waals surface area contributed by atoms with Crippen molar-refractivity contribution in [2.75, 3.05) is 13.6 Å². The molecule has 0 radical (unpaired) electrons. The van der Waals surface area contributed by atoms with Crippen LogP contribution >= 0.6 is 0 Å². The van der Waals surface area contributed by atoms with E-state index in [0.717, 1.165) is 6.54 Å². The predicted octanol–water partition coefficient (Wildman–Crippen LogP) is 2.04. The van der Waals surface area contributed by atoms with Gasteiger partial charge in [0.2, 0.25) is 0 Å². The molecular weight excluding hydrogens is 186 g/mol. The van der Waals surface area contributed by atoms with Crippen molar-refractivity contribution in [2.45, 2.75) is 39.0 Å². The molecule has 0 saturated heterocycles. The van der Waals surface area contributed by atoms with E-state index in [1.165, 1.54) is 11.4 Å². The fraction of sp³-hybridized carbons (Fsp3) is 0.750. The van der Waals surface area contributed by atoms with Gasteiger partial charge in [-0.2, -0.15) is 5.10 Å². The summed E-state index contributed by atoms with van der Waals surface area (Å²) in [6.07, 6.45) is 0. The summed E-state index contributed by atoms with van der Waals surface area (Å²) in [4.78, 5) is 0. The predicted molar refractivity (Wildman–Crippen MR) is 64.2 cm³/mol. The molecule has 86 valence electrons. The molecule has 1 aromatic rings. The molecular formula is C12H23N3. The second kappa shape index (κ2) is 4.35. The number of hydrogen-bond donors (Lipinski definition) is 1. The summed E-state index contributed by atoms with van der Waals surface area (Å²) in [5, 5.41) is 7.77. The van der Waals surface area contributed by atoms with Gasteiger partial charge in [0, 0.05) is 30.6 Å². The van der Waals surface area contributed by atoms with Gasteiger partial charge in [0.25, 0.3) is 0 Å². The molecule has 1 N–H and O–H groups in total. The van der Waals surface area contributed by atoms with Crippen molar-refractivity contribution < 1.29 is 0 Å². The summed E-state index contributed by atoms with van der Waals surface area (Å²) in [6.45, 7) is 9.80. The highest BCUT2D eigenvalue weighted by atomic mass is 15.3. The zero-order valence-corrected chi connectivity index (χ0v) is 10.8. The summed E-state index contributed by atoms with van der Waals surface area (Å²) in [5.41, 5.74) is 2.60. The van der Waals surface area contributed by atoms with Crippen LogP contribution in [-0.4, -0.2) is 23.4 Å². The Balaban J connectivity index is 2.96. The number of likely N-dealkylation sites (N-methyl/N-ethyl adjacent to an activating group) is 1. The van der Waals surface area contributed by atoms with Crippen molar-refractivity contribution in [3.8, 4) is 0 Å². The minimum absolute atomic E-state index is 0.134. The van der Waals surface area contributed by atoms with Gasteiger partial charge in [-0.1, -0.05) is 27.7 Å². The minimum Gasteiger partial charge on any atom is -0.319 e. The molecule has 0 aliphatic heterocycles. The Labute approximate surface area is 92.9 Å². The number of aromatic nitrogens is 2. The third-order valence-electron chi connectivity index (χ3n) is 2.70. The Morgan fingerprint density at radius 2 is 2.07 bits per heavy atom. The third kappa shape index (κ3) is 2.81. The highest BCUT2D eigenvalue weighted by molar-refractivity contribution is 5.20. The molecule has 0 aliphatic carbocycles. The lowest BCUT2D eigenvalue weighted by molar-refractivity contribution is 0.547. The largest absolute Gasteiger partial charge is 0.319 e. The van der Waals surface area contributed by atoms with Gasteiger partial charge in [-0.25, -0.2) is 0 Å². The maximum atomic E-state index is 4.57. The fourth-order valence-electron chi connectivity index (χ4n) is 1.72. The first-order chi connectivity index (χ1) is 6.86. The van der Waals surface area contributed by atoms with E-state index in [9.17, 15) is 0 Å². The van der Waals surface area contributed by atoms with Gasteiger partial charge in [-0.15, -0.1) is 0 Å². The van der Waals surface area contributed by atoms with E-state index in [2.05, 4.69) is 44.2 Å². The lowest BCUT2D eigenvalue weighted by atomic mass is 9.91. The highest BCUT2D eigenvalue weighted by Crippen LogP contribution is 2.24. The van der Waals surface area contributed by atoms with Crippen LogP contribution in [0.4, 0.5) is 0 Å². The van der Waals surface area contributed by atoms with Crippen LogP contribution < -0.4 is 5.32 Å². The van der Waals surface area contributed by atoms with Crippen LogP contribution in [0, 0.1) is 0 Å². The van der Waals surface area contributed by atoms with E-state index in [0.29, 0.717) is 5.92 Å². The van der Waals surface area contributed by atoms with Crippen molar-refractivity contribution in [1.82, 2.24) is 15.1 Å². The molecule has 1 rings (SSSR count). The Bertz CT molecular complexity index is 320. The molecule has 1 aromatic heterocycles. The van der Waals surface area contributed by atoms with Crippen LogP contribution in [0.5, 0.6) is 0 Å². The van der Waals surface area contributed by atoms with Crippen LogP contribution in [-0.2, 0) is 12.5 Å². The molecule has 3 heteroatoms. The Morgan fingerprint density at radius 1 is 1.47 bits per heavy atom. The van der Waals surface area contributed by atoms with Crippen LogP contribution in [0.25, 0.3) is 0 Å². The van der Waals surface area contributed by atoms with Crippen LogP contribution in [0.3, 0.4) is 0 Å². The lowest BCUT2D eigenvalue weighted by Gasteiger charge is -2.14. The quantitative estimate of drug-likeness (QED) is 0.825. The molecule has 1 unspecified atom stereocenters. The van der Waals surface area contributed by atoms with Crippen LogP contribution in [0.2, 0.25) is 0 Å². The first-order valence-electron chi connectivity index (χ1n) is 5.55. The number of rotatable bonds is 3. The summed E-state index contributed by atoms with van der Waals surface area (Å²) in [7, 11) is 4.01. The highest BCUT2D eigenvalue weighted by Gasteiger charge is 2.20. The van der Waals surface area contributed by atoms with E-state index in [4.69, 9.17) is 0 Å². The van der Waals surface area contributed by atoms with Gasteiger partial charge in [-0.05, 0) is 13.1 Å². The summed E-state index contributed by atoms with van der Waals surface area (Å²) in [6, 6.07) is 2.22. The van der Waals surface area contributed by atoms with E-state index in [1.807, 2.05) is 18.8 Å². The molecule has 0 saturated carbocycles. The van der Waals surface area contributed by atoms with Crippen LogP contribution in [0.15, 0.2) is 6.07 Å². The minimum atomic E-state index is 0.134. The molecule has 0 aromatic carbocycles. The maximum Gasteiger partial charge on any atom is 0.0680 e. The maximum absolute atomic E-state index is 4.57. The van der Waals surface area contributed by atoms with Crippen molar-refractivity contribution in [2.24, 2.45) is 7.05 Å². The fourth-order valence-corrected chi connectivity index (χ4v) is 1.72. The first-order valence-corrected chi connectivity index (χ1v) is 5.55. The zero-order valence-electron chi connectivity index (χ0n) is 10.8. The Kier molecular flexibility index (Phi) is 3.55. The molecule has 3 nitrogen and oxygen atoms in total. The molecule has 0 spiro atoms. The average molecular weight is 209 g/mol. The molecule has 0 bridgehead atoms. The topological polar surface area (TPSA) is 29.9 Å². The van der Waals surface area contributed by atoms with E-state index in [1.54, 1.807) is 0 Å². The zero-order chi connectivity index (χ0) is 11.6. The van der Waals surface area contributed by atoms with E-state index < -0.39 is 0 Å². The average Bonchev–Trinajstić information content (AvgIpc) is 2.47. The van der Waals surface area contributed by atoms with E-state index >= 15 is 0 Å². The van der Waals surface area contributed by atoms with Gasteiger partial charge in [-0.3, -0.25) is 4.68 Å². The molecule has 1 atom stereocenters. The standard InChI is InChI=1S/C12H23N3/c1-9(8-13-5)10-7-11(12(2,3)4)14-15(10)6/h7,9,13H,8H2,1-6H3. The van der Waals surface area contributed by atoms with Gasteiger partial charge >= 0.3 is 0 Å². The van der Waals surface area contributed by atoms with Crippen molar-refractivity contribution in [1.29, 1.82) is 0 Å². The number of nitrogens with zero attached hydrogens (tertiary/aromatic N) is 2. The van der Waals surface area contributed by atoms with Gasteiger partial charge in [0.1, 0.15) is 0 Å². The first kappa shape index (κ1) is 12.2. The number of hydrogen-bond acceptors (Lipinski definition) is 2. The second-order valence-electron chi connectivity index (χ2n) is 5.29. The van der Waals surface area contributed by atoms with Crippen molar-refractivity contribution >= 4 is 0 Å². The normalized spacial score (nSPS) is 14.3. The monoisotopic (exact) mass is 209 g/mol. The molecule has 0 aliphatic rings. The number of nitrogens with one attached hydrogen (secondary N) is 1. The number of aryl methyl sites for hydroxylation is 1. The second-order valence-corrected chi connectivity index (χ2v) is 5.29. The smallest absolute Gasteiger partial charge is 0.0680 e. The van der Waals surface area contributed by atoms with Gasteiger partial charge in [0.15, 0.2) is 0 Å². The summed E-state index contributed by atoms with van der Waals surface area (Å²) >= 11 is 0.